The Hall–Kier alpha value is -3.70. The maximum atomic E-state index is 13.1. The maximum absolute atomic E-state index is 13.1. The van der Waals surface area contributed by atoms with Crippen LogP contribution in [0.5, 0.6) is 11.5 Å². The fourth-order valence-electron chi connectivity index (χ4n) is 4.08. The second kappa shape index (κ2) is 13.6. The van der Waals surface area contributed by atoms with Crippen molar-refractivity contribution in [2.24, 2.45) is 5.92 Å². The Morgan fingerprint density at radius 1 is 1.14 bits per heavy atom. The highest BCUT2D eigenvalue weighted by atomic mass is 16.7. The first-order valence-corrected chi connectivity index (χ1v) is 11.8. The van der Waals surface area contributed by atoms with Gasteiger partial charge in [-0.25, -0.2) is 9.78 Å². The molecule has 0 radical (unpaired) electrons. The molecule has 1 fully saturated rings. The van der Waals surface area contributed by atoms with Gasteiger partial charge in [-0.3, -0.25) is 9.59 Å². The molecule has 1 amide bonds. The lowest BCUT2D eigenvalue weighted by molar-refractivity contribution is -0.158. The molecule has 11 heteroatoms. The minimum absolute atomic E-state index is 0.0446. The second-order valence-corrected chi connectivity index (χ2v) is 8.44. The number of carbonyl (C=O) groups is 3. The number of methoxy groups -OCH3 is 2. The summed E-state index contributed by atoms with van der Waals surface area (Å²) in [5.41, 5.74) is 0.940. The molecule has 200 valence electrons. The molecule has 11 nitrogen and oxygen atoms in total. The van der Waals surface area contributed by atoms with Crippen molar-refractivity contribution in [3.63, 3.8) is 0 Å². The van der Waals surface area contributed by atoms with Crippen LogP contribution in [0.4, 0.5) is 0 Å². The highest BCUT2D eigenvalue weighted by Gasteiger charge is 2.35. The number of benzene rings is 1. The summed E-state index contributed by atoms with van der Waals surface area (Å²) in [7, 11) is 2.95. The molecule has 1 saturated heterocycles. The number of amides is 1. The van der Waals surface area contributed by atoms with Crippen molar-refractivity contribution in [2.75, 3.05) is 34.2 Å². The van der Waals surface area contributed by atoms with Gasteiger partial charge in [0, 0.05) is 32.2 Å². The van der Waals surface area contributed by atoms with Crippen molar-refractivity contribution >= 4 is 17.8 Å². The summed E-state index contributed by atoms with van der Waals surface area (Å²) >= 11 is 0. The molecule has 1 aliphatic heterocycles. The molecule has 1 aromatic carbocycles. The van der Waals surface area contributed by atoms with Crippen molar-refractivity contribution in [2.45, 2.75) is 38.5 Å². The zero-order valence-corrected chi connectivity index (χ0v) is 21.3. The second-order valence-electron chi connectivity index (χ2n) is 8.44. The number of hydrogen-bond acceptors (Lipinski definition) is 10. The van der Waals surface area contributed by atoms with Gasteiger partial charge in [0.25, 0.3) is 5.91 Å². The Kier molecular flexibility index (Phi) is 10.2. The number of pyridine rings is 1. The fourth-order valence-corrected chi connectivity index (χ4v) is 4.08. The van der Waals surface area contributed by atoms with Gasteiger partial charge >= 0.3 is 11.9 Å². The van der Waals surface area contributed by atoms with E-state index in [1.807, 2.05) is 30.3 Å². The molecule has 4 unspecified atom stereocenters. The summed E-state index contributed by atoms with van der Waals surface area (Å²) in [5, 5.41) is 2.60. The number of ether oxygens (including phenoxy) is 6. The minimum atomic E-state index is -1.11. The Balaban J connectivity index is 1.75. The average Bonchev–Trinajstić information content (AvgIpc) is 2.93. The Morgan fingerprint density at radius 3 is 2.57 bits per heavy atom. The number of cyclic esters (lactones) is 1. The zero-order chi connectivity index (χ0) is 26.8. The molecule has 0 spiro atoms. The molecular formula is C26H32N2O9. The Morgan fingerprint density at radius 2 is 1.89 bits per heavy atom. The molecule has 4 atom stereocenters. The van der Waals surface area contributed by atoms with Gasteiger partial charge in [-0.15, -0.1) is 0 Å². The normalized spacial score (nSPS) is 22.0. The van der Waals surface area contributed by atoms with Gasteiger partial charge in [0.2, 0.25) is 6.79 Å². The van der Waals surface area contributed by atoms with Gasteiger partial charge in [-0.05, 0) is 18.9 Å². The third kappa shape index (κ3) is 7.64. The zero-order valence-electron chi connectivity index (χ0n) is 21.3. The smallest absolute Gasteiger partial charge is 0.331 e. The molecule has 37 heavy (non-hydrogen) atoms. The van der Waals surface area contributed by atoms with Gasteiger partial charge in [0.1, 0.15) is 6.10 Å². The van der Waals surface area contributed by atoms with Crippen LogP contribution < -0.4 is 14.8 Å². The van der Waals surface area contributed by atoms with Crippen molar-refractivity contribution in [3.05, 3.63) is 53.9 Å². The SMILES string of the molecule is COc1ccnc(C(=O)NC2COCC(Cc3ccccc3)C(OC)C(C)OC2=O)c1OCOC(C)=O. The van der Waals surface area contributed by atoms with Crippen molar-refractivity contribution in [3.8, 4) is 11.5 Å². The number of nitrogens with one attached hydrogen (secondary N) is 1. The van der Waals surface area contributed by atoms with Gasteiger partial charge in [0.15, 0.2) is 23.2 Å². The van der Waals surface area contributed by atoms with Gasteiger partial charge in [-0.1, -0.05) is 30.3 Å². The predicted molar refractivity (Wildman–Crippen MR) is 130 cm³/mol. The van der Waals surface area contributed by atoms with Crippen LogP contribution in [-0.2, 0) is 35.0 Å². The maximum Gasteiger partial charge on any atom is 0.331 e. The number of carbonyl (C=O) groups excluding carboxylic acids is 3. The summed E-state index contributed by atoms with van der Waals surface area (Å²) in [6.07, 6.45) is 1.00. The molecule has 1 N–H and O–H groups in total. The monoisotopic (exact) mass is 516 g/mol. The number of aromatic nitrogens is 1. The standard InChI is InChI=1S/C26H32N2O9/c1-16-23(33-4)19(12-18-8-6-5-7-9-18)13-34-14-20(26(31)37-16)28-25(30)22-24(36-15-35-17(2)29)21(32-3)10-11-27-22/h5-11,16,19-20,23H,12-15H2,1-4H3,(H,28,30). The summed E-state index contributed by atoms with van der Waals surface area (Å²) in [4.78, 5) is 41.3. The van der Waals surface area contributed by atoms with Crippen LogP contribution >= 0.6 is 0 Å². The molecule has 0 aliphatic carbocycles. The van der Waals surface area contributed by atoms with E-state index < -0.39 is 42.9 Å². The van der Waals surface area contributed by atoms with E-state index in [9.17, 15) is 14.4 Å². The minimum Gasteiger partial charge on any atom is -0.493 e. The van der Waals surface area contributed by atoms with E-state index in [0.717, 1.165) is 5.56 Å². The van der Waals surface area contributed by atoms with Gasteiger partial charge in [-0.2, -0.15) is 0 Å². The Labute approximate surface area is 215 Å². The van der Waals surface area contributed by atoms with E-state index >= 15 is 0 Å². The topological polar surface area (TPSA) is 132 Å². The third-order valence-corrected chi connectivity index (χ3v) is 5.82. The van der Waals surface area contributed by atoms with Crippen LogP contribution in [0.25, 0.3) is 0 Å². The fraction of sp³-hybridized carbons (Fsp3) is 0.462. The first kappa shape index (κ1) is 27.9. The molecule has 1 aromatic heterocycles. The predicted octanol–water partition coefficient (Wildman–Crippen LogP) is 1.92. The van der Waals surface area contributed by atoms with E-state index in [0.29, 0.717) is 6.42 Å². The highest BCUT2D eigenvalue weighted by Crippen LogP contribution is 2.30. The molecule has 0 bridgehead atoms. The highest BCUT2D eigenvalue weighted by molar-refractivity contribution is 5.98. The first-order valence-electron chi connectivity index (χ1n) is 11.8. The van der Waals surface area contributed by atoms with Crippen LogP contribution in [0.15, 0.2) is 42.6 Å². The number of rotatable bonds is 9. The van der Waals surface area contributed by atoms with Crippen LogP contribution in [0.1, 0.15) is 29.9 Å². The van der Waals surface area contributed by atoms with Crippen LogP contribution in [0.3, 0.4) is 0 Å². The lowest BCUT2D eigenvalue weighted by atomic mass is 9.92. The largest absolute Gasteiger partial charge is 0.493 e. The summed E-state index contributed by atoms with van der Waals surface area (Å²) < 4.78 is 32.7. The van der Waals surface area contributed by atoms with Crippen molar-refractivity contribution in [1.29, 1.82) is 0 Å². The molecule has 2 heterocycles. The van der Waals surface area contributed by atoms with E-state index in [1.165, 1.54) is 26.3 Å². The average molecular weight is 517 g/mol. The number of hydrogen-bond donors (Lipinski definition) is 1. The van der Waals surface area contributed by atoms with Gasteiger partial charge < -0.3 is 33.7 Å². The number of esters is 2. The van der Waals surface area contributed by atoms with E-state index in [2.05, 4.69) is 10.3 Å². The quantitative estimate of drug-likeness (QED) is 0.389. The van der Waals surface area contributed by atoms with Crippen molar-refractivity contribution in [1.82, 2.24) is 10.3 Å². The van der Waals surface area contributed by atoms with Crippen LogP contribution in [-0.4, -0.2) is 75.3 Å². The van der Waals surface area contributed by atoms with Gasteiger partial charge in [0.05, 0.1) is 26.4 Å². The van der Waals surface area contributed by atoms with Crippen LogP contribution in [0.2, 0.25) is 0 Å². The van der Waals surface area contributed by atoms with Crippen LogP contribution in [0, 0.1) is 5.92 Å². The molecule has 1 aliphatic rings. The summed E-state index contributed by atoms with van der Waals surface area (Å²) in [5.74, 6) is -1.90. The van der Waals surface area contributed by atoms with E-state index in [4.69, 9.17) is 28.4 Å². The molecule has 2 aromatic rings. The molecular weight excluding hydrogens is 484 g/mol. The molecule has 3 rings (SSSR count). The lowest BCUT2D eigenvalue weighted by Gasteiger charge is -2.29. The summed E-state index contributed by atoms with van der Waals surface area (Å²) in [6, 6.07) is 10.3. The summed E-state index contributed by atoms with van der Waals surface area (Å²) in [6.45, 7) is 2.69. The molecule has 0 saturated carbocycles. The Bertz CT molecular complexity index is 1060. The first-order chi connectivity index (χ1) is 17.8. The van der Waals surface area contributed by atoms with E-state index in [-0.39, 0.29) is 36.3 Å². The van der Waals surface area contributed by atoms with Crippen molar-refractivity contribution < 1.29 is 42.8 Å². The van der Waals surface area contributed by atoms with E-state index in [1.54, 1.807) is 14.0 Å². The lowest BCUT2D eigenvalue weighted by Crippen LogP contribution is -2.46. The third-order valence-electron chi connectivity index (χ3n) is 5.82. The number of nitrogens with zero attached hydrogens (tertiary/aromatic N) is 1.